The topological polar surface area (TPSA) is 74.2 Å². The number of hydrazone groups is 1. The maximum Gasteiger partial charge on any atom is 0.204 e. The maximum absolute atomic E-state index is 5.44. The first-order valence-corrected chi connectivity index (χ1v) is 7.60. The second-order valence-corrected chi connectivity index (χ2v) is 5.28. The lowest BCUT2D eigenvalue weighted by Crippen LogP contribution is -2.02. The Kier molecular flexibility index (Phi) is 5.64. The smallest absolute Gasteiger partial charge is 0.204 e. The number of hydrogen-bond acceptors (Lipinski definition) is 8. The monoisotopic (exact) mass is 337 g/mol. The molecule has 1 aromatic heterocycles. The van der Waals surface area contributed by atoms with Crippen LogP contribution < -0.4 is 24.4 Å². The van der Waals surface area contributed by atoms with E-state index in [9.17, 15) is 0 Å². The third-order valence-corrected chi connectivity index (χ3v) is 3.89. The van der Waals surface area contributed by atoms with Gasteiger partial charge in [-0.15, -0.1) is 11.3 Å². The van der Waals surface area contributed by atoms with Gasteiger partial charge in [0.15, 0.2) is 11.5 Å². The lowest BCUT2D eigenvalue weighted by molar-refractivity contribution is 0.318. The van der Waals surface area contributed by atoms with Crippen molar-refractivity contribution in [2.75, 3.05) is 33.9 Å². The molecule has 0 fully saturated rings. The first-order valence-electron chi connectivity index (χ1n) is 6.72. The summed E-state index contributed by atoms with van der Waals surface area (Å²) in [6.07, 6.45) is 1.59. The minimum Gasteiger partial charge on any atom is -0.496 e. The Morgan fingerprint density at radius 1 is 1.04 bits per heavy atom. The van der Waals surface area contributed by atoms with E-state index >= 15 is 0 Å². The van der Waals surface area contributed by atoms with Gasteiger partial charge < -0.3 is 18.9 Å². The van der Waals surface area contributed by atoms with Crippen molar-refractivity contribution < 1.29 is 18.9 Å². The van der Waals surface area contributed by atoms with Crippen molar-refractivity contribution in [2.24, 2.45) is 5.10 Å². The van der Waals surface area contributed by atoms with E-state index < -0.39 is 0 Å². The van der Waals surface area contributed by atoms with Gasteiger partial charge in [-0.25, -0.2) is 4.98 Å². The molecule has 0 saturated carbocycles. The number of aryl methyl sites for hydroxylation is 1. The molecule has 7 nitrogen and oxygen atoms in total. The Labute approximate surface area is 138 Å². The highest BCUT2D eigenvalue weighted by atomic mass is 32.1. The first-order chi connectivity index (χ1) is 11.1. The van der Waals surface area contributed by atoms with E-state index in [1.54, 1.807) is 40.7 Å². The first kappa shape index (κ1) is 16.9. The Morgan fingerprint density at radius 3 is 2.26 bits per heavy atom. The van der Waals surface area contributed by atoms with Crippen molar-refractivity contribution in [3.8, 4) is 23.0 Å². The molecular weight excluding hydrogens is 318 g/mol. The summed E-state index contributed by atoms with van der Waals surface area (Å²) in [5.41, 5.74) is 4.45. The Balaban J connectivity index is 2.38. The van der Waals surface area contributed by atoms with Crippen LogP contribution in [0.4, 0.5) is 5.13 Å². The van der Waals surface area contributed by atoms with E-state index in [4.69, 9.17) is 18.9 Å². The number of rotatable bonds is 7. The van der Waals surface area contributed by atoms with Crippen LogP contribution in [0.25, 0.3) is 0 Å². The standard InChI is InChI=1S/C15H19N3O4S/c1-9-8-23-15(17-9)18-16-7-10-11(19-2)6-12(20-3)14(22-5)13(10)21-4/h6-8H,1-5H3,(H,17,18). The zero-order valence-electron chi connectivity index (χ0n) is 13.7. The van der Waals surface area contributed by atoms with Crippen molar-refractivity contribution in [3.05, 3.63) is 22.7 Å². The minimum atomic E-state index is 0.474. The largest absolute Gasteiger partial charge is 0.496 e. The zero-order valence-corrected chi connectivity index (χ0v) is 14.5. The lowest BCUT2D eigenvalue weighted by Gasteiger charge is -2.16. The quantitative estimate of drug-likeness (QED) is 0.618. The lowest BCUT2D eigenvalue weighted by atomic mass is 10.1. The molecule has 2 rings (SSSR count). The van der Waals surface area contributed by atoms with E-state index in [1.807, 2.05) is 12.3 Å². The van der Waals surface area contributed by atoms with Gasteiger partial charge in [0, 0.05) is 11.4 Å². The summed E-state index contributed by atoms with van der Waals surface area (Å²) in [4.78, 5) is 4.27. The van der Waals surface area contributed by atoms with Gasteiger partial charge >= 0.3 is 0 Å². The number of ether oxygens (including phenoxy) is 4. The van der Waals surface area contributed by atoms with Gasteiger partial charge in [0.2, 0.25) is 10.9 Å². The van der Waals surface area contributed by atoms with Gasteiger partial charge in [-0.05, 0) is 6.92 Å². The van der Waals surface area contributed by atoms with Crippen LogP contribution in [-0.4, -0.2) is 39.6 Å². The SMILES string of the molecule is COc1cc(OC)c(OC)c(OC)c1C=NNc1nc(C)cs1. The molecule has 0 spiro atoms. The predicted octanol–water partition coefficient (Wildman–Crippen LogP) is 2.93. The van der Waals surface area contributed by atoms with E-state index in [-0.39, 0.29) is 0 Å². The molecule has 0 amide bonds. The number of nitrogens with zero attached hydrogens (tertiary/aromatic N) is 2. The van der Waals surface area contributed by atoms with Gasteiger partial charge in [0.1, 0.15) is 5.75 Å². The Bertz CT molecular complexity index is 700. The number of thiazole rings is 1. The van der Waals surface area contributed by atoms with Gasteiger partial charge in [0.25, 0.3) is 0 Å². The molecule has 1 N–H and O–H groups in total. The summed E-state index contributed by atoms with van der Waals surface area (Å²) in [5.74, 6) is 2.02. The molecule has 1 aromatic carbocycles. The fourth-order valence-corrected chi connectivity index (χ4v) is 2.64. The van der Waals surface area contributed by atoms with Crippen LogP contribution >= 0.6 is 11.3 Å². The fraction of sp³-hybridized carbons (Fsp3) is 0.333. The molecule has 1 heterocycles. The van der Waals surface area contributed by atoms with Gasteiger partial charge in [-0.2, -0.15) is 5.10 Å². The second kappa shape index (κ2) is 7.68. The number of aromatic nitrogens is 1. The molecule has 0 saturated heterocycles. The average Bonchev–Trinajstić information content (AvgIpc) is 2.98. The number of anilines is 1. The third kappa shape index (κ3) is 3.65. The van der Waals surface area contributed by atoms with Gasteiger partial charge in [-0.1, -0.05) is 0 Å². The van der Waals surface area contributed by atoms with Crippen molar-refractivity contribution in [1.82, 2.24) is 4.98 Å². The van der Waals surface area contributed by atoms with E-state index in [0.29, 0.717) is 33.7 Å². The Morgan fingerprint density at radius 2 is 1.74 bits per heavy atom. The van der Waals surface area contributed by atoms with E-state index in [0.717, 1.165) is 5.69 Å². The van der Waals surface area contributed by atoms with Crippen LogP contribution in [0.2, 0.25) is 0 Å². The molecule has 2 aromatic rings. The minimum absolute atomic E-state index is 0.474. The molecule has 0 aliphatic carbocycles. The summed E-state index contributed by atoms with van der Waals surface area (Å²) in [7, 11) is 6.21. The molecule has 0 atom stereocenters. The van der Waals surface area contributed by atoms with Crippen LogP contribution in [0.1, 0.15) is 11.3 Å². The molecule has 0 aliphatic heterocycles. The molecule has 124 valence electrons. The fourth-order valence-electron chi connectivity index (χ4n) is 2.00. The van der Waals surface area contributed by atoms with Crippen LogP contribution in [0.5, 0.6) is 23.0 Å². The summed E-state index contributed by atoms with van der Waals surface area (Å²) in [6, 6.07) is 1.72. The summed E-state index contributed by atoms with van der Waals surface area (Å²) < 4.78 is 21.5. The van der Waals surface area contributed by atoms with Crippen LogP contribution in [0.15, 0.2) is 16.5 Å². The second-order valence-electron chi connectivity index (χ2n) is 4.43. The van der Waals surface area contributed by atoms with Crippen molar-refractivity contribution >= 4 is 22.7 Å². The molecule has 0 unspecified atom stereocenters. The third-order valence-electron chi connectivity index (χ3n) is 3.02. The summed E-state index contributed by atoms with van der Waals surface area (Å²) in [5, 5.41) is 6.84. The van der Waals surface area contributed by atoms with Crippen LogP contribution in [0, 0.1) is 6.92 Å². The van der Waals surface area contributed by atoms with Gasteiger partial charge in [-0.3, -0.25) is 5.43 Å². The van der Waals surface area contributed by atoms with Crippen molar-refractivity contribution in [3.63, 3.8) is 0 Å². The highest BCUT2D eigenvalue weighted by Crippen LogP contribution is 2.44. The zero-order chi connectivity index (χ0) is 16.8. The van der Waals surface area contributed by atoms with E-state index in [1.165, 1.54) is 11.3 Å². The Hall–Kier alpha value is -2.48. The average molecular weight is 337 g/mol. The molecule has 23 heavy (non-hydrogen) atoms. The van der Waals surface area contributed by atoms with E-state index in [2.05, 4.69) is 15.5 Å². The normalized spacial score (nSPS) is 10.7. The van der Waals surface area contributed by atoms with Gasteiger partial charge in [0.05, 0.1) is 45.9 Å². The molecule has 0 aliphatic rings. The summed E-state index contributed by atoms with van der Waals surface area (Å²) >= 11 is 1.48. The summed E-state index contributed by atoms with van der Waals surface area (Å²) in [6.45, 7) is 1.92. The molecule has 0 radical (unpaired) electrons. The maximum atomic E-state index is 5.44. The highest BCUT2D eigenvalue weighted by molar-refractivity contribution is 7.13. The molecular formula is C15H19N3O4S. The van der Waals surface area contributed by atoms with Crippen molar-refractivity contribution in [2.45, 2.75) is 6.92 Å². The molecule has 8 heteroatoms. The van der Waals surface area contributed by atoms with Crippen LogP contribution in [0.3, 0.4) is 0 Å². The number of nitrogens with one attached hydrogen (secondary N) is 1. The van der Waals surface area contributed by atoms with Crippen molar-refractivity contribution in [1.29, 1.82) is 0 Å². The molecule has 0 bridgehead atoms. The highest BCUT2D eigenvalue weighted by Gasteiger charge is 2.20. The predicted molar refractivity (Wildman–Crippen MR) is 90.7 cm³/mol. The van der Waals surface area contributed by atoms with Crippen LogP contribution in [-0.2, 0) is 0 Å². The number of benzene rings is 1. The number of hydrogen-bond donors (Lipinski definition) is 1. The number of methoxy groups -OCH3 is 4.